The summed E-state index contributed by atoms with van der Waals surface area (Å²) in [7, 11) is 0. The van der Waals surface area contributed by atoms with E-state index in [0.717, 1.165) is 22.4 Å². The summed E-state index contributed by atoms with van der Waals surface area (Å²) in [6.07, 6.45) is 0.628. The zero-order valence-electron chi connectivity index (χ0n) is 14.3. The molecule has 0 saturated carbocycles. The molecule has 0 unspecified atom stereocenters. The first-order valence-corrected chi connectivity index (χ1v) is 8.22. The molecule has 2 aromatic rings. The lowest BCUT2D eigenvalue weighted by atomic mass is 10.1. The number of amides is 2. The molecular formula is C20H22N2O2. The minimum Gasteiger partial charge on any atom is -0.340 e. The van der Waals surface area contributed by atoms with Gasteiger partial charge in [0.1, 0.15) is 6.04 Å². The summed E-state index contributed by atoms with van der Waals surface area (Å²) in [6, 6.07) is 13.0. The van der Waals surface area contributed by atoms with Crippen LogP contribution in [0.25, 0.3) is 0 Å². The molecule has 2 amide bonds. The Hall–Kier alpha value is -2.62. The molecule has 24 heavy (non-hydrogen) atoms. The summed E-state index contributed by atoms with van der Waals surface area (Å²) < 4.78 is 0. The van der Waals surface area contributed by atoms with Gasteiger partial charge >= 0.3 is 0 Å². The fraction of sp³-hybridized carbons (Fsp3) is 0.300. The van der Waals surface area contributed by atoms with Crippen molar-refractivity contribution in [2.24, 2.45) is 0 Å². The molecule has 1 aliphatic rings. The van der Waals surface area contributed by atoms with Crippen molar-refractivity contribution in [2.45, 2.75) is 33.2 Å². The monoisotopic (exact) mass is 322 g/mol. The highest BCUT2D eigenvalue weighted by Gasteiger charge is 2.33. The average molecular weight is 322 g/mol. The van der Waals surface area contributed by atoms with Crippen molar-refractivity contribution in [3.05, 3.63) is 64.7 Å². The van der Waals surface area contributed by atoms with Gasteiger partial charge in [0.25, 0.3) is 5.91 Å². The SMILES string of the molecule is Cc1ccc(N2CC[C@@H](NC(=O)c3ccc(C)c(C)c3)C2=O)cc1. The molecule has 1 saturated heterocycles. The van der Waals surface area contributed by atoms with E-state index in [1.165, 1.54) is 0 Å². The predicted molar refractivity (Wildman–Crippen MR) is 95.3 cm³/mol. The lowest BCUT2D eigenvalue weighted by Gasteiger charge is -2.17. The van der Waals surface area contributed by atoms with E-state index in [1.54, 1.807) is 11.0 Å². The molecule has 0 aliphatic carbocycles. The lowest BCUT2D eigenvalue weighted by molar-refractivity contribution is -0.118. The summed E-state index contributed by atoms with van der Waals surface area (Å²) in [6.45, 7) is 6.63. The summed E-state index contributed by atoms with van der Waals surface area (Å²) in [5.41, 5.74) is 4.86. The van der Waals surface area contributed by atoms with Crippen molar-refractivity contribution < 1.29 is 9.59 Å². The Morgan fingerprint density at radius 2 is 1.75 bits per heavy atom. The van der Waals surface area contributed by atoms with Crippen LogP contribution in [0.15, 0.2) is 42.5 Å². The van der Waals surface area contributed by atoms with Crippen molar-refractivity contribution in [3.63, 3.8) is 0 Å². The van der Waals surface area contributed by atoms with E-state index < -0.39 is 6.04 Å². The predicted octanol–water partition coefficient (Wildman–Crippen LogP) is 3.15. The fourth-order valence-corrected chi connectivity index (χ4v) is 2.92. The van der Waals surface area contributed by atoms with Crippen molar-refractivity contribution in [2.75, 3.05) is 11.4 Å². The van der Waals surface area contributed by atoms with E-state index in [9.17, 15) is 9.59 Å². The van der Waals surface area contributed by atoms with Gasteiger partial charge in [-0.3, -0.25) is 9.59 Å². The first kappa shape index (κ1) is 16.2. The Morgan fingerprint density at radius 3 is 2.42 bits per heavy atom. The number of hydrogen-bond acceptors (Lipinski definition) is 2. The van der Waals surface area contributed by atoms with Gasteiger partial charge in [0.2, 0.25) is 5.91 Å². The highest BCUT2D eigenvalue weighted by Crippen LogP contribution is 2.22. The van der Waals surface area contributed by atoms with Crippen LogP contribution in [-0.2, 0) is 4.79 Å². The number of benzene rings is 2. The number of aryl methyl sites for hydroxylation is 3. The van der Waals surface area contributed by atoms with Gasteiger partial charge in [0, 0.05) is 17.8 Å². The van der Waals surface area contributed by atoms with Crippen LogP contribution in [0.4, 0.5) is 5.69 Å². The first-order chi connectivity index (χ1) is 11.5. The normalized spacial score (nSPS) is 17.2. The zero-order valence-corrected chi connectivity index (χ0v) is 14.3. The smallest absolute Gasteiger partial charge is 0.251 e. The fourth-order valence-electron chi connectivity index (χ4n) is 2.92. The zero-order chi connectivity index (χ0) is 17.3. The van der Waals surface area contributed by atoms with Crippen molar-refractivity contribution in [1.29, 1.82) is 0 Å². The van der Waals surface area contributed by atoms with Gasteiger partial charge in [-0.2, -0.15) is 0 Å². The summed E-state index contributed by atoms with van der Waals surface area (Å²) in [4.78, 5) is 26.7. The minimum absolute atomic E-state index is 0.0453. The number of rotatable bonds is 3. The van der Waals surface area contributed by atoms with Gasteiger partial charge in [-0.15, -0.1) is 0 Å². The molecule has 1 heterocycles. The van der Waals surface area contributed by atoms with E-state index in [-0.39, 0.29) is 11.8 Å². The molecule has 1 atom stereocenters. The maximum absolute atomic E-state index is 12.6. The summed E-state index contributed by atoms with van der Waals surface area (Å²) in [5.74, 6) is -0.238. The number of carbonyl (C=O) groups excluding carboxylic acids is 2. The van der Waals surface area contributed by atoms with E-state index in [2.05, 4.69) is 5.32 Å². The summed E-state index contributed by atoms with van der Waals surface area (Å²) >= 11 is 0. The van der Waals surface area contributed by atoms with Gasteiger partial charge < -0.3 is 10.2 Å². The average Bonchev–Trinajstić information content (AvgIpc) is 2.92. The molecule has 3 rings (SSSR count). The van der Waals surface area contributed by atoms with Crippen LogP contribution in [-0.4, -0.2) is 24.4 Å². The highest BCUT2D eigenvalue weighted by molar-refractivity contribution is 6.04. The van der Waals surface area contributed by atoms with Gasteiger partial charge in [0.15, 0.2) is 0 Å². The van der Waals surface area contributed by atoms with Crippen LogP contribution in [0.5, 0.6) is 0 Å². The first-order valence-electron chi connectivity index (χ1n) is 8.22. The Balaban J connectivity index is 1.70. The minimum atomic E-state index is -0.458. The van der Waals surface area contributed by atoms with Crippen molar-refractivity contribution in [3.8, 4) is 0 Å². The largest absolute Gasteiger partial charge is 0.340 e. The van der Waals surface area contributed by atoms with Crippen LogP contribution < -0.4 is 10.2 Å². The molecular weight excluding hydrogens is 300 g/mol. The van der Waals surface area contributed by atoms with Crippen LogP contribution in [0.3, 0.4) is 0 Å². The third kappa shape index (κ3) is 3.18. The molecule has 4 nitrogen and oxygen atoms in total. The molecule has 0 aromatic heterocycles. The number of anilines is 1. The van der Waals surface area contributed by atoms with E-state index in [1.807, 2.05) is 57.2 Å². The molecule has 0 radical (unpaired) electrons. The van der Waals surface area contributed by atoms with Gasteiger partial charge in [-0.05, 0) is 62.6 Å². The highest BCUT2D eigenvalue weighted by atomic mass is 16.2. The molecule has 1 N–H and O–H groups in total. The third-order valence-corrected chi connectivity index (χ3v) is 4.63. The van der Waals surface area contributed by atoms with Crippen LogP contribution in [0, 0.1) is 20.8 Å². The number of nitrogens with one attached hydrogen (secondary N) is 1. The van der Waals surface area contributed by atoms with Gasteiger partial charge in [-0.25, -0.2) is 0 Å². The third-order valence-electron chi connectivity index (χ3n) is 4.63. The van der Waals surface area contributed by atoms with Crippen molar-refractivity contribution >= 4 is 17.5 Å². The van der Waals surface area contributed by atoms with Crippen LogP contribution >= 0.6 is 0 Å². The van der Waals surface area contributed by atoms with E-state index in [0.29, 0.717) is 18.5 Å². The second-order valence-electron chi connectivity index (χ2n) is 6.44. The number of carbonyl (C=O) groups is 2. The maximum Gasteiger partial charge on any atom is 0.251 e. The Kier molecular flexibility index (Phi) is 4.38. The van der Waals surface area contributed by atoms with Gasteiger partial charge in [-0.1, -0.05) is 23.8 Å². The van der Waals surface area contributed by atoms with Crippen LogP contribution in [0.1, 0.15) is 33.5 Å². The molecule has 0 bridgehead atoms. The Labute approximate surface area is 142 Å². The second-order valence-corrected chi connectivity index (χ2v) is 6.44. The van der Waals surface area contributed by atoms with Crippen LogP contribution in [0.2, 0.25) is 0 Å². The molecule has 0 spiro atoms. The van der Waals surface area contributed by atoms with Crippen molar-refractivity contribution in [1.82, 2.24) is 5.32 Å². The molecule has 1 aliphatic heterocycles. The standard InChI is InChI=1S/C20H22N2O2/c1-13-4-8-17(9-5-13)22-11-10-18(20(22)24)21-19(23)16-7-6-14(2)15(3)12-16/h4-9,12,18H,10-11H2,1-3H3,(H,21,23)/t18-/m1/s1. The molecule has 1 fully saturated rings. The van der Waals surface area contributed by atoms with E-state index >= 15 is 0 Å². The molecule has 124 valence electrons. The molecule has 2 aromatic carbocycles. The topological polar surface area (TPSA) is 49.4 Å². The quantitative estimate of drug-likeness (QED) is 0.944. The number of hydrogen-bond donors (Lipinski definition) is 1. The molecule has 4 heteroatoms. The second kappa shape index (κ2) is 6.48. The summed E-state index contributed by atoms with van der Waals surface area (Å²) in [5, 5.41) is 2.87. The van der Waals surface area contributed by atoms with E-state index in [4.69, 9.17) is 0 Å². The lowest BCUT2D eigenvalue weighted by Crippen LogP contribution is -2.41. The Morgan fingerprint density at radius 1 is 1.04 bits per heavy atom. The van der Waals surface area contributed by atoms with Gasteiger partial charge in [0.05, 0.1) is 0 Å². The maximum atomic E-state index is 12.6. The Bertz CT molecular complexity index is 781. The number of nitrogens with zero attached hydrogens (tertiary/aromatic N) is 1.